The number of nitrogens with zero attached hydrogens (tertiary/aromatic N) is 1. The number of hydrogen-bond donors (Lipinski definition) is 1. The molecule has 0 aliphatic carbocycles. The molecule has 1 aromatic heterocycles. The molecule has 0 amide bonds. The van der Waals surface area contributed by atoms with E-state index in [1.54, 1.807) is 11.3 Å². The van der Waals surface area contributed by atoms with Crippen molar-refractivity contribution in [1.82, 2.24) is 10.3 Å². The van der Waals surface area contributed by atoms with Crippen molar-refractivity contribution >= 4 is 23.1 Å². The van der Waals surface area contributed by atoms with E-state index < -0.39 is 0 Å². The summed E-state index contributed by atoms with van der Waals surface area (Å²) in [6.45, 7) is 5.41. The van der Waals surface area contributed by atoms with Crippen LogP contribution in [0.15, 0.2) is 40.6 Å². The number of aromatic nitrogens is 1. The van der Waals surface area contributed by atoms with Gasteiger partial charge in [0.2, 0.25) is 0 Å². The highest BCUT2D eigenvalue weighted by Crippen LogP contribution is 2.25. The molecule has 0 spiro atoms. The first-order valence-electron chi connectivity index (χ1n) is 6.65. The van der Waals surface area contributed by atoms with Gasteiger partial charge in [0.25, 0.3) is 0 Å². The summed E-state index contributed by atoms with van der Waals surface area (Å²) in [7, 11) is 0. The zero-order chi connectivity index (χ0) is 13.5. The molecular formula is C15H20N2S2. The lowest BCUT2D eigenvalue weighted by molar-refractivity contribution is 0.560. The largest absolute Gasteiger partial charge is 0.309 e. The second-order valence-electron chi connectivity index (χ2n) is 4.44. The molecule has 19 heavy (non-hydrogen) atoms. The van der Waals surface area contributed by atoms with Gasteiger partial charge in [-0.1, -0.05) is 25.1 Å². The van der Waals surface area contributed by atoms with Crippen molar-refractivity contribution in [3.63, 3.8) is 0 Å². The van der Waals surface area contributed by atoms with Crippen molar-refractivity contribution in [3.8, 4) is 0 Å². The van der Waals surface area contributed by atoms with Crippen LogP contribution in [-0.4, -0.2) is 11.5 Å². The number of benzene rings is 1. The van der Waals surface area contributed by atoms with Crippen LogP contribution < -0.4 is 5.32 Å². The van der Waals surface area contributed by atoms with Crippen LogP contribution in [0, 0.1) is 0 Å². The summed E-state index contributed by atoms with van der Waals surface area (Å²) in [6.07, 6.45) is 1.16. The fourth-order valence-corrected chi connectivity index (χ4v) is 3.54. The van der Waals surface area contributed by atoms with E-state index in [1.165, 1.54) is 15.6 Å². The Morgan fingerprint density at radius 3 is 2.84 bits per heavy atom. The van der Waals surface area contributed by atoms with Gasteiger partial charge >= 0.3 is 0 Å². The lowest BCUT2D eigenvalue weighted by Gasteiger charge is -2.09. The molecule has 1 unspecified atom stereocenters. The van der Waals surface area contributed by atoms with Crippen molar-refractivity contribution in [2.24, 2.45) is 0 Å². The average molecular weight is 292 g/mol. The van der Waals surface area contributed by atoms with Crippen LogP contribution in [0.5, 0.6) is 0 Å². The summed E-state index contributed by atoms with van der Waals surface area (Å²) in [6, 6.07) is 10.8. The third-order valence-corrected chi connectivity index (χ3v) is 4.89. The Morgan fingerprint density at radius 2 is 2.11 bits per heavy atom. The van der Waals surface area contributed by atoms with Crippen LogP contribution in [0.25, 0.3) is 0 Å². The Kier molecular flexibility index (Phi) is 5.89. The Morgan fingerprint density at radius 1 is 1.32 bits per heavy atom. The summed E-state index contributed by atoms with van der Waals surface area (Å²) in [5, 5.41) is 6.85. The smallest absolute Gasteiger partial charge is 0.103 e. The molecule has 4 heteroatoms. The monoisotopic (exact) mass is 292 g/mol. The van der Waals surface area contributed by atoms with Crippen LogP contribution in [0.1, 0.15) is 37.0 Å². The van der Waals surface area contributed by atoms with Crippen molar-refractivity contribution < 1.29 is 0 Å². The van der Waals surface area contributed by atoms with Gasteiger partial charge in [-0.15, -0.1) is 23.1 Å². The summed E-state index contributed by atoms with van der Waals surface area (Å²) in [4.78, 5) is 6.02. The van der Waals surface area contributed by atoms with E-state index >= 15 is 0 Å². The Hall–Kier alpha value is -0.840. The molecule has 0 saturated heterocycles. The summed E-state index contributed by atoms with van der Waals surface area (Å²) in [5.41, 5.74) is 1.17. The molecule has 2 rings (SSSR count). The quantitative estimate of drug-likeness (QED) is 0.761. The SMILES string of the molecule is CCCNC(C)c1csc(CSc2ccccc2)n1. The van der Waals surface area contributed by atoms with Gasteiger partial charge in [0, 0.05) is 16.3 Å². The standard InChI is InChI=1S/C15H20N2S2/c1-3-9-16-12(2)14-10-19-15(17-14)11-18-13-7-5-4-6-8-13/h4-8,10,12,16H,3,9,11H2,1-2H3. The summed E-state index contributed by atoms with van der Waals surface area (Å²) in [5.74, 6) is 0.954. The lowest BCUT2D eigenvalue weighted by atomic mass is 10.2. The molecule has 1 heterocycles. The van der Waals surface area contributed by atoms with Gasteiger partial charge in [-0.3, -0.25) is 0 Å². The molecule has 2 aromatic rings. The average Bonchev–Trinajstić information content (AvgIpc) is 2.92. The minimum atomic E-state index is 0.353. The molecule has 0 saturated carbocycles. The maximum Gasteiger partial charge on any atom is 0.103 e. The first kappa shape index (κ1) is 14.6. The van der Waals surface area contributed by atoms with Gasteiger partial charge < -0.3 is 5.32 Å². The normalized spacial score (nSPS) is 12.5. The summed E-state index contributed by atoms with van der Waals surface area (Å²) < 4.78 is 0. The second-order valence-corrected chi connectivity index (χ2v) is 6.44. The van der Waals surface area contributed by atoms with Crippen LogP contribution in [-0.2, 0) is 5.75 Å². The second kappa shape index (κ2) is 7.68. The summed E-state index contributed by atoms with van der Waals surface area (Å²) >= 11 is 3.60. The predicted octanol–water partition coefficient (Wildman–Crippen LogP) is 4.50. The maximum atomic E-state index is 4.71. The third kappa shape index (κ3) is 4.64. The van der Waals surface area contributed by atoms with E-state index in [1.807, 2.05) is 17.8 Å². The Balaban J connectivity index is 1.87. The minimum absolute atomic E-state index is 0.353. The topological polar surface area (TPSA) is 24.9 Å². The first-order valence-corrected chi connectivity index (χ1v) is 8.51. The van der Waals surface area contributed by atoms with Gasteiger partial charge in [0.05, 0.1) is 11.4 Å². The highest BCUT2D eigenvalue weighted by molar-refractivity contribution is 7.98. The van der Waals surface area contributed by atoms with Gasteiger partial charge in [0.15, 0.2) is 0 Å². The van der Waals surface area contributed by atoms with E-state index in [9.17, 15) is 0 Å². The zero-order valence-corrected chi connectivity index (χ0v) is 13.1. The highest BCUT2D eigenvalue weighted by atomic mass is 32.2. The molecule has 1 atom stereocenters. The molecular weight excluding hydrogens is 272 g/mol. The highest BCUT2D eigenvalue weighted by Gasteiger charge is 2.09. The molecule has 102 valence electrons. The van der Waals surface area contributed by atoms with E-state index in [2.05, 4.69) is 48.8 Å². The fraction of sp³-hybridized carbons (Fsp3) is 0.400. The number of hydrogen-bond acceptors (Lipinski definition) is 4. The molecule has 0 radical (unpaired) electrons. The third-order valence-electron chi connectivity index (χ3n) is 2.82. The first-order chi connectivity index (χ1) is 9.29. The van der Waals surface area contributed by atoms with E-state index in [4.69, 9.17) is 4.98 Å². The number of nitrogens with one attached hydrogen (secondary N) is 1. The van der Waals surface area contributed by atoms with Crippen molar-refractivity contribution in [2.75, 3.05) is 6.54 Å². The van der Waals surface area contributed by atoms with Gasteiger partial charge in [-0.2, -0.15) is 0 Å². The van der Waals surface area contributed by atoms with Crippen LogP contribution >= 0.6 is 23.1 Å². The minimum Gasteiger partial charge on any atom is -0.309 e. The van der Waals surface area contributed by atoms with Crippen molar-refractivity contribution in [1.29, 1.82) is 0 Å². The van der Waals surface area contributed by atoms with Gasteiger partial charge in [-0.05, 0) is 32.0 Å². The van der Waals surface area contributed by atoms with E-state index in [0.29, 0.717) is 6.04 Å². The van der Waals surface area contributed by atoms with Crippen molar-refractivity contribution in [3.05, 3.63) is 46.4 Å². The van der Waals surface area contributed by atoms with Crippen LogP contribution in [0.4, 0.5) is 0 Å². The molecule has 0 bridgehead atoms. The number of rotatable bonds is 7. The fourth-order valence-electron chi connectivity index (χ4n) is 1.72. The molecule has 1 aromatic carbocycles. The van der Waals surface area contributed by atoms with Gasteiger partial charge in [-0.25, -0.2) is 4.98 Å². The van der Waals surface area contributed by atoms with Gasteiger partial charge in [0.1, 0.15) is 5.01 Å². The molecule has 0 aliphatic heterocycles. The van der Waals surface area contributed by atoms with Crippen LogP contribution in [0.3, 0.4) is 0 Å². The predicted molar refractivity (Wildman–Crippen MR) is 84.8 cm³/mol. The molecule has 0 fully saturated rings. The molecule has 2 nitrogen and oxygen atoms in total. The number of thioether (sulfide) groups is 1. The lowest BCUT2D eigenvalue weighted by Crippen LogP contribution is -2.19. The Bertz CT molecular complexity index is 482. The molecule has 1 N–H and O–H groups in total. The maximum absolute atomic E-state index is 4.71. The Labute approximate surface area is 123 Å². The zero-order valence-electron chi connectivity index (χ0n) is 11.4. The van der Waals surface area contributed by atoms with Crippen molar-refractivity contribution in [2.45, 2.75) is 37.0 Å². The molecule has 0 aliphatic rings. The van der Waals surface area contributed by atoms with Crippen LogP contribution in [0.2, 0.25) is 0 Å². The van der Waals surface area contributed by atoms with E-state index in [0.717, 1.165) is 18.7 Å². The number of thiazole rings is 1. The van der Waals surface area contributed by atoms with E-state index in [-0.39, 0.29) is 0 Å².